The van der Waals surface area contributed by atoms with Gasteiger partial charge in [-0.3, -0.25) is 4.79 Å². The molecule has 260 valence electrons. The second-order valence-corrected chi connectivity index (χ2v) is 15.8. The molecule has 11 heteroatoms. The molecule has 3 fully saturated rings. The van der Waals surface area contributed by atoms with Crippen LogP contribution in [0.25, 0.3) is 32.9 Å². The summed E-state index contributed by atoms with van der Waals surface area (Å²) in [4.78, 5) is 29.5. The highest BCUT2D eigenvalue weighted by Gasteiger charge is 2.40. The molecular weight excluding hydrogens is 637 g/mol. The number of unbranched alkanes of at least 4 members (excludes halogenated alkanes) is 1. The van der Waals surface area contributed by atoms with Gasteiger partial charge >= 0.3 is 11.9 Å². The highest BCUT2D eigenvalue weighted by atomic mass is 32.2. The molecule has 3 aromatic rings. The van der Waals surface area contributed by atoms with Crippen LogP contribution < -0.4 is 14.6 Å². The average Bonchev–Trinajstić information content (AvgIpc) is 3.71. The quantitative estimate of drug-likeness (QED) is 0.0391. The number of carbonyl (C=O) groups is 2. The van der Waals surface area contributed by atoms with Gasteiger partial charge in [0.15, 0.2) is 17.6 Å². The van der Waals surface area contributed by atoms with Crippen molar-refractivity contribution >= 4 is 40.4 Å². The zero-order valence-electron chi connectivity index (χ0n) is 29.1. The van der Waals surface area contributed by atoms with E-state index in [1.165, 1.54) is 5.75 Å². The first-order valence-electron chi connectivity index (χ1n) is 17.8. The molecule has 2 saturated heterocycles. The fourth-order valence-electron chi connectivity index (χ4n) is 8.17. The van der Waals surface area contributed by atoms with Gasteiger partial charge in [-0.25, -0.2) is 13.9 Å². The number of carbonyl (C=O) groups excluding carboxylic acids is 2. The Hall–Kier alpha value is -3.95. The topological polar surface area (TPSA) is 122 Å². The van der Waals surface area contributed by atoms with Gasteiger partial charge in [-0.2, -0.15) is 11.8 Å². The molecule has 49 heavy (non-hydrogen) atoms. The number of esters is 2. The van der Waals surface area contributed by atoms with Gasteiger partial charge in [0.25, 0.3) is 5.82 Å². The Labute approximate surface area is 293 Å². The second-order valence-electron chi connectivity index (χ2n) is 14.5. The van der Waals surface area contributed by atoms with Crippen molar-refractivity contribution in [1.82, 2.24) is 9.88 Å². The van der Waals surface area contributed by atoms with Gasteiger partial charge in [0.2, 0.25) is 0 Å². The number of nitrogens with zero attached hydrogens (tertiary/aromatic N) is 5. The SMILES string of the molecule is C=C1C[C@@H]2CSC(CCCCC(=O)Oc3ccc(-c4n(CC(=O)OC5C[C@H](C)CC[C@H]5C(C)C)c5ccccc5[n+]4C)cc3N=[N+]=[N-])[C@@H]2N1. The van der Waals surface area contributed by atoms with Crippen LogP contribution in [0.1, 0.15) is 72.1 Å². The Bertz CT molecular complexity index is 1760. The molecule has 10 nitrogen and oxygen atoms in total. The number of hydrogen-bond acceptors (Lipinski definition) is 7. The molecule has 1 aromatic heterocycles. The molecule has 3 aliphatic rings. The van der Waals surface area contributed by atoms with Gasteiger partial charge in [0.1, 0.15) is 11.9 Å². The normalized spacial score (nSPS) is 24.8. The summed E-state index contributed by atoms with van der Waals surface area (Å²) in [6.45, 7) is 10.8. The van der Waals surface area contributed by atoms with Crippen molar-refractivity contribution in [2.75, 3.05) is 5.75 Å². The molecule has 1 saturated carbocycles. The second kappa shape index (κ2) is 15.3. The third-order valence-electron chi connectivity index (χ3n) is 10.7. The highest BCUT2D eigenvalue weighted by molar-refractivity contribution is 8.00. The predicted octanol–water partition coefficient (Wildman–Crippen LogP) is 8.15. The summed E-state index contributed by atoms with van der Waals surface area (Å²) in [5, 5.41) is 8.00. The maximum absolute atomic E-state index is 13.6. The molecule has 2 aliphatic heterocycles. The van der Waals surface area contributed by atoms with Gasteiger partial charge in [-0.05, 0) is 97.4 Å². The monoisotopic (exact) mass is 685 g/mol. The van der Waals surface area contributed by atoms with E-state index in [0.717, 1.165) is 73.1 Å². The fourth-order valence-corrected chi connectivity index (χ4v) is 9.82. The van der Waals surface area contributed by atoms with E-state index in [1.807, 2.05) is 58.3 Å². The van der Waals surface area contributed by atoms with Crippen LogP contribution in [0.5, 0.6) is 5.75 Å². The van der Waals surface area contributed by atoms with Crippen LogP contribution in [0.2, 0.25) is 0 Å². The Morgan fingerprint density at radius 2 is 2.00 bits per heavy atom. The lowest BCUT2D eigenvalue weighted by atomic mass is 9.75. The third kappa shape index (κ3) is 7.78. The largest absolute Gasteiger partial charge is 0.459 e. The number of benzene rings is 2. The summed E-state index contributed by atoms with van der Waals surface area (Å²) in [7, 11) is 1.95. The lowest BCUT2D eigenvalue weighted by Gasteiger charge is -2.36. The van der Waals surface area contributed by atoms with Gasteiger partial charge < -0.3 is 14.8 Å². The van der Waals surface area contributed by atoms with Crippen LogP contribution in [-0.2, 0) is 27.9 Å². The standard InChI is InChI=1S/C38H49N6O4S/c1-23(2)28-16-14-24(3)18-33(28)48-36(46)21-44-31-11-7-6-10-30(31)43(5)38(44)26-15-17-32(29(20-26)41-42-39)47-35(45)13-9-8-12-34-37-27(22-49-34)19-25(4)40-37/h6-7,10-11,15,17,20,23-24,27-28,33-34,37,40H,4,8-9,12-14,16,18-19,21-22H2,1-3,5H3/q+1/t24-,27-,28+,33?,34?,37-/m1/s1. The number of para-hydroxylation sites is 2. The lowest BCUT2D eigenvalue weighted by molar-refractivity contribution is -0.634. The molecule has 0 amide bonds. The molecule has 2 unspecified atom stereocenters. The Morgan fingerprint density at radius 3 is 2.80 bits per heavy atom. The van der Waals surface area contributed by atoms with Crippen molar-refractivity contribution in [3.05, 3.63) is 65.2 Å². The molecule has 3 heterocycles. The van der Waals surface area contributed by atoms with E-state index in [-0.39, 0.29) is 42.4 Å². The van der Waals surface area contributed by atoms with Gasteiger partial charge in [0, 0.05) is 28.3 Å². The zero-order valence-corrected chi connectivity index (χ0v) is 30.0. The number of thioether (sulfide) groups is 1. The van der Waals surface area contributed by atoms with E-state index >= 15 is 0 Å². The van der Waals surface area contributed by atoms with Crippen molar-refractivity contribution in [1.29, 1.82) is 0 Å². The summed E-state index contributed by atoms with van der Waals surface area (Å²) in [6.07, 6.45) is 7.08. The van der Waals surface area contributed by atoms with Gasteiger partial charge in [-0.1, -0.05) is 57.4 Å². The van der Waals surface area contributed by atoms with Gasteiger partial charge in [-0.15, -0.1) is 0 Å². The maximum atomic E-state index is 13.6. The van der Waals surface area contributed by atoms with E-state index in [2.05, 4.69) is 42.7 Å². The minimum atomic E-state index is -0.356. The summed E-state index contributed by atoms with van der Waals surface area (Å²) in [6, 6.07) is 13.6. The van der Waals surface area contributed by atoms with Crippen LogP contribution in [0, 0.1) is 23.7 Å². The van der Waals surface area contributed by atoms with Crippen LogP contribution in [0.15, 0.2) is 59.9 Å². The highest BCUT2D eigenvalue weighted by Crippen LogP contribution is 2.42. The summed E-state index contributed by atoms with van der Waals surface area (Å²) in [5.41, 5.74) is 13.3. The molecule has 0 spiro atoms. The lowest BCUT2D eigenvalue weighted by Crippen LogP contribution is -2.37. The summed E-state index contributed by atoms with van der Waals surface area (Å²) < 4.78 is 15.9. The van der Waals surface area contributed by atoms with E-state index < -0.39 is 0 Å². The van der Waals surface area contributed by atoms with Crippen molar-refractivity contribution in [2.45, 2.75) is 96.1 Å². The molecular formula is C38H49N6O4S+. The number of imidazole rings is 1. The number of nitrogens with one attached hydrogen (secondary N) is 1. The first-order valence-corrected chi connectivity index (χ1v) is 18.8. The average molecular weight is 686 g/mol. The number of rotatable bonds is 12. The molecule has 1 aliphatic carbocycles. The van der Waals surface area contributed by atoms with E-state index in [1.54, 1.807) is 12.1 Å². The van der Waals surface area contributed by atoms with Crippen molar-refractivity contribution < 1.29 is 23.6 Å². The molecule has 6 atom stereocenters. The molecule has 1 N–H and O–H groups in total. The van der Waals surface area contributed by atoms with Crippen LogP contribution >= 0.6 is 11.8 Å². The summed E-state index contributed by atoms with van der Waals surface area (Å²) >= 11 is 2.02. The molecule has 0 bridgehead atoms. The molecule has 2 aromatic carbocycles. The van der Waals surface area contributed by atoms with Crippen LogP contribution in [-0.4, -0.2) is 39.7 Å². The Balaban J connectivity index is 1.16. The van der Waals surface area contributed by atoms with E-state index in [4.69, 9.17) is 9.47 Å². The Morgan fingerprint density at radius 1 is 1.18 bits per heavy atom. The molecule has 6 rings (SSSR count). The summed E-state index contributed by atoms with van der Waals surface area (Å²) in [5.74, 6) is 3.48. The Kier molecular flexibility index (Phi) is 10.9. The molecule has 0 radical (unpaired) electrons. The minimum Gasteiger partial charge on any atom is -0.459 e. The number of azide groups is 1. The third-order valence-corrected chi connectivity index (χ3v) is 12.2. The number of hydrogen-bond donors (Lipinski definition) is 1. The smallest absolute Gasteiger partial charge is 0.348 e. The first-order chi connectivity index (χ1) is 23.6. The maximum Gasteiger partial charge on any atom is 0.348 e. The predicted molar refractivity (Wildman–Crippen MR) is 193 cm³/mol. The van der Waals surface area contributed by atoms with E-state index in [9.17, 15) is 15.1 Å². The van der Waals surface area contributed by atoms with Gasteiger partial charge in [0.05, 0.1) is 18.3 Å². The first kappa shape index (κ1) is 34.9. The number of fused-ring (bicyclic) bond motifs is 2. The zero-order chi connectivity index (χ0) is 34.7. The van der Waals surface area contributed by atoms with Crippen molar-refractivity contribution in [2.24, 2.45) is 35.8 Å². The van der Waals surface area contributed by atoms with Crippen molar-refractivity contribution in [3.8, 4) is 17.1 Å². The van der Waals surface area contributed by atoms with Crippen LogP contribution in [0.4, 0.5) is 5.69 Å². The van der Waals surface area contributed by atoms with E-state index in [0.29, 0.717) is 35.0 Å². The minimum absolute atomic E-state index is 0.0333. The number of aromatic nitrogens is 2. The number of ether oxygens (including phenoxy) is 2. The number of allylic oxidation sites excluding steroid dienone is 1. The fraction of sp³-hybridized carbons (Fsp3) is 0.553. The van der Waals surface area contributed by atoms with Crippen LogP contribution in [0.3, 0.4) is 0 Å². The van der Waals surface area contributed by atoms with Crippen molar-refractivity contribution in [3.63, 3.8) is 0 Å². The number of aryl methyl sites for hydroxylation is 1.